The van der Waals surface area contributed by atoms with Gasteiger partial charge < -0.3 is 18.8 Å². The van der Waals surface area contributed by atoms with Crippen LogP contribution in [0.2, 0.25) is 5.02 Å². The molecule has 0 fully saturated rings. The Balaban J connectivity index is 1.50. The van der Waals surface area contributed by atoms with Crippen LogP contribution in [0.1, 0.15) is 23.4 Å². The third-order valence-electron chi connectivity index (χ3n) is 5.47. The summed E-state index contributed by atoms with van der Waals surface area (Å²) in [4.78, 5) is 4.90. The first-order valence-corrected chi connectivity index (χ1v) is 11.0. The number of halogens is 1. The molecule has 1 aromatic heterocycles. The van der Waals surface area contributed by atoms with Crippen LogP contribution < -0.4 is 14.2 Å². The van der Waals surface area contributed by atoms with Gasteiger partial charge in [0.05, 0.1) is 31.9 Å². The third kappa shape index (κ3) is 4.83. The molecule has 1 heterocycles. The third-order valence-corrected chi connectivity index (χ3v) is 5.89. The molecule has 5 nitrogen and oxygen atoms in total. The van der Waals surface area contributed by atoms with E-state index in [1.807, 2.05) is 49.4 Å². The maximum Gasteiger partial charge on any atom is 0.161 e. The summed E-state index contributed by atoms with van der Waals surface area (Å²) in [6.45, 7) is 3.41. The van der Waals surface area contributed by atoms with Gasteiger partial charge in [-0.1, -0.05) is 29.8 Å². The molecule has 4 rings (SSSR count). The Kier molecular flexibility index (Phi) is 6.86. The van der Waals surface area contributed by atoms with E-state index in [2.05, 4.69) is 22.8 Å². The van der Waals surface area contributed by atoms with Crippen molar-refractivity contribution in [2.24, 2.45) is 0 Å². The fraction of sp³-hybridized carbons (Fsp3) is 0.269. The number of aromatic nitrogens is 2. The topological polar surface area (TPSA) is 45.5 Å². The first-order valence-electron chi connectivity index (χ1n) is 10.6. The molecule has 0 bridgehead atoms. The van der Waals surface area contributed by atoms with Crippen molar-refractivity contribution in [2.75, 3.05) is 20.8 Å². The van der Waals surface area contributed by atoms with Crippen molar-refractivity contribution in [3.05, 3.63) is 82.6 Å². The van der Waals surface area contributed by atoms with Crippen LogP contribution in [0, 0.1) is 6.92 Å². The number of hydrogen-bond donors (Lipinski definition) is 0. The normalized spacial score (nSPS) is 11.0. The van der Waals surface area contributed by atoms with Gasteiger partial charge in [-0.15, -0.1) is 0 Å². The lowest BCUT2D eigenvalue weighted by Crippen LogP contribution is -2.08. The molecule has 4 aromatic rings. The lowest BCUT2D eigenvalue weighted by atomic mass is 10.1. The van der Waals surface area contributed by atoms with E-state index in [1.54, 1.807) is 14.2 Å². The highest BCUT2D eigenvalue weighted by Gasteiger charge is 2.13. The van der Waals surface area contributed by atoms with Gasteiger partial charge in [0.2, 0.25) is 0 Å². The van der Waals surface area contributed by atoms with Crippen LogP contribution in [0.5, 0.6) is 17.2 Å². The summed E-state index contributed by atoms with van der Waals surface area (Å²) in [6, 6.07) is 20.0. The van der Waals surface area contributed by atoms with Crippen LogP contribution in [0.3, 0.4) is 0 Å². The number of fused-ring (bicyclic) bond motifs is 1. The lowest BCUT2D eigenvalue weighted by molar-refractivity contribution is 0.301. The maximum absolute atomic E-state index is 6.10. The second-order valence-corrected chi connectivity index (χ2v) is 8.05. The number of imidazole rings is 1. The highest BCUT2D eigenvalue weighted by atomic mass is 35.5. The molecule has 0 aliphatic carbocycles. The van der Waals surface area contributed by atoms with E-state index in [4.69, 9.17) is 30.8 Å². The number of methoxy groups -OCH3 is 2. The summed E-state index contributed by atoms with van der Waals surface area (Å²) in [7, 11) is 3.30. The number of rotatable bonds is 9. The van der Waals surface area contributed by atoms with Gasteiger partial charge in [0, 0.05) is 18.0 Å². The Morgan fingerprint density at radius 2 is 1.75 bits per heavy atom. The van der Waals surface area contributed by atoms with Gasteiger partial charge in [0.25, 0.3) is 0 Å². The van der Waals surface area contributed by atoms with Crippen molar-refractivity contribution in [3.8, 4) is 17.2 Å². The molecule has 166 valence electrons. The zero-order chi connectivity index (χ0) is 22.5. The number of aryl methyl sites for hydroxylation is 2. The van der Waals surface area contributed by atoms with Gasteiger partial charge in [-0.05, 0) is 66.9 Å². The van der Waals surface area contributed by atoms with Gasteiger partial charge in [0.1, 0.15) is 11.6 Å². The quantitative estimate of drug-likeness (QED) is 0.290. The number of nitrogens with zero attached hydrogens (tertiary/aromatic N) is 2. The van der Waals surface area contributed by atoms with Crippen LogP contribution in [0.15, 0.2) is 60.7 Å². The van der Waals surface area contributed by atoms with E-state index in [9.17, 15) is 0 Å². The first kappa shape index (κ1) is 22.0. The molecule has 0 aliphatic heterocycles. The van der Waals surface area contributed by atoms with E-state index in [-0.39, 0.29) is 0 Å². The molecule has 0 N–H and O–H groups in total. The molecule has 3 aromatic carbocycles. The molecule has 0 aliphatic rings. The molecule has 0 spiro atoms. The predicted molar refractivity (Wildman–Crippen MR) is 128 cm³/mol. The molecule has 0 saturated carbocycles. The Bertz CT molecular complexity index is 1220. The smallest absolute Gasteiger partial charge is 0.161 e. The van der Waals surface area contributed by atoms with Crippen LogP contribution in [0.25, 0.3) is 11.0 Å². The molecular formula is C26H27ClN2O3. The van der Waals surface area contributed by atoms with E-state index < -0.39 is 0 Å². The van der Waals surface area contributed by atoms with Crippen LogP contribution in [-0.2, 0) is 13.0 Å². The minimum atomic E-state index is 0.614. The summed E-state index contributed by atoms with van der Waals surface area (Å²) < 4.78 is 19.0. The van der Waals surface area contributed by atoms with Gasteiger partial charge in [-0.25, -0.2) is 4.98 Å². The zero-order valence-corrected chi connectivity index (χ0v) is 19.4. The summed E-state index contributed by atoms with van der Waals surface area (Å²) in [5, 5.41) is 0.752. The SMILES string of the molecule is COc1ccc(Cc2nc3ccccc3n2CCCOc2ccc(Cl)c(C)c2)cc1OC. The van der Waals surface area contributed by atoms with Crippen LogP contribution in [-0.4, -0.2) is 30.4 Å². The summed E-state index contributed by atoms with van der Waals surface area (Å²) in [5.74, 6) is 3.30. The Morgan fingerprint density at radius 3 is 2.53 bits per heavy atom. The van der Waals surface area contributed by atoms with Crippen molar-refractivity contribution in [3.63, 3.8) is 0 Å². The Labute approximate surface area is 193 Å². The molecule has 0 atom stereocenters. The number of hydrogen-bond acceptors (Lipinski definition) is 4. The Hall–Kier alpha value is -3.18. The second kappa shape index (κ2) is 9.96. The maximum atomic E-state index is 6.10. The van der Waals surface area contributed by atoms with Crippen molar-refractivity contribution < 1.29 is 14.2 Å². The van der Waals surface area contributed by atoms with Gasteiger partial charge >= 0.3 is 0 Å². The minimum Gasteiger partial charge on any atom is -0.494 e. The van der Waals surface area contributed by atoms with Gasteiger partial charge in [0.15, 0.2) is 11.5 Å². The molecule has 0 radical (unpaired) electrons. The second-order valence-electron chi connectivity index (χ2n) is 7.65. The molecule has 32 heavy (non-hydrogen) atoms. The van der Waals surface area contributed by atoms with Gasteiger partial charge in [-0.3, -0.25) is 0 Å². The lowest BCUT2D eigenvalue weighted by Gasteiger charge is -2.12. The number of para-hydroxylation sites is 2. The van der Waals surface area contributed by atoms with Crippen molar-refractivity contribution in [1.29, 1.82) is 0 Å². The van der Waals surface area contributed by atoms with Crippen LogP contribution in [0.4, 0.5) is 0 Å². The molecule has 0 amide bonds. The minimum absolute atomic E-state index is 0.614. The highest BCUT2D eigenvalue weighted by molar-refractivity contribution is 6.31. The van der Waals surface area contributed by atoms with Gasteiger partial charge in [-0.2, -0.15) is 0 Å². The van der Waals surface area contributed by atoms with E-state index >= 15 is 0 Å². The summed E-state index contributed by atoms with van der Waals surface area (Å²) in [5.41, 5.74) is 4.26. The van der Waals surface area contributed by atoms with E-state index in [0.29, 0.717) is 13.0 Å². The zero-order valence-electron chi connectivity index (χ0n) is 18.6. The average molecular weight is 451 g/mol. The monoisotopic (exact) mass is 450 g/mol. The van der Waals surface area contributed by atoms with Crippen molar-refractivity contribution in [1.82, 2.24) is 9.55 Å². The van der Waals surface area contributed by atoms with E-state index in [1.165, 1.54) is 0 Å². The number of benzene rings is 3. The number of ether oxygens (including phenoxy) is 3. The molecule has 0 saturated heterocycles. The first-order chi connectivity index (χ1) is 15.6. The standard InChI is InChI=1S/C26H27ClN2O3/c1-18-15-20(10-11-21(18)27)32-14-6-13-29-23-8-5-4-7-22(23)28-26(29)17-19-9-12-24(30-2)25(16-19)31-3/h4-5,7-12,15-16H,6,13-14,17H2,1-3H3. The largest absolute Gasteiger partial charge is 0.494 e. The highest BCUT2D eigenvalue weighted by Crippen LogP contribution is 2.29. The van der Waals surface area contributed by atoms with Crippen molar-refractivity contribution in [2.45, 2.75) is 26.3 Å². The van der Waals surface area contributed by atoms with Crippen molar-refractivity contribution >= 4 is 22.6 Å². The summed E-state index contributed by atoms with van der Waals surface area (Å²) >= 11 is 6.10. The Morgan fingerprint density at radius 1 is 0.938 bits per heavy atom. The summed E-state index contributed by atoms with van der Waals surface area (Å²) in [6.07, 6.45) is 1.56. The molecular weight excluding hydrogens is 424 g/mol. The fourth-order valence-electron chi connectivity index (χ4n) is 3.80. The van der Waals surface area contributed by atoms with Crippen LogP contribution >= 0.6 is 11.6 Å². The fourth-order valence-corrected chi connectivity index (χ4v) is 3.92. The average Bonchev–Trinajstić information content (AvgIpc) is 3.15. The molecule has 0 unspecified atom stereocenters. The predicted octanol–water partition coefficient (Wildman–Crippen LogP) is 6.08. The molecule has 6 heteroatoms. The van der Waals surface area contributed by atoms with E-state index in [0.717, 1.165) is 63.2 Å².